The van der Waals surface area contributed by atoms with Gasteiger partial charge < -0.3 is 15.5 Å². The Kier molecular flexibility index (Phi) is 5.52. The van der Waals surface area contributed by atoms with Crippen LogP contribution in [0.1, 0.15) is 39.2 Å². The van der Waals surface area contributed by atoms with E-state index in [1.54, 1.807) is 12.3 Å². The lowest BCUT2D eigenvalue weighted by Gasteiger charge is -2.18. The summed E-state index contributed by atoms with van der Waals surface area (Å²) in [6.07, 6.45) is 1.78. The van der Waals surface area contributed by atoms with E-state index in [-0.39, 0.29) is 24.2 Å². The molecule has 8 nitrogen and oxygen atoms in total. The maximum Gasteiger partial charge on any atom is 0.231 e. The van der Waals surface area contributed by atoms with Gasteiger partial charge in [0.15, 0.2) is 5.58 Å². The van der Waals surface area contributed by atoms with Crippen LogP contribution in [0.15, 0.2) is 53.1 Å². The highest BCUT2D eigenvalue weighted by atomic mass is 16.3. The zero-order valence-corrected chi connectivity index (χ0v) is 18.2. The molecule has 0 saturated carbocycles. The van der Waals surface area contributed by atoms with Crippen molar-refractivity contribution < 1.29 is 14.0 Å². The molecule has 0 bridgehead atoms. The van der Waals surface area contributed by atoms with Crippen LogP contribution in [-0.4, -0.2) is 27.0 Å². The number of carbonyl (C=O) groups excluding carboxylic acids is 2. The van der Waals surface area contributed by atoms with E-state index < -0.39 is 5.91 Å². The number of fused-ring (bicyclic) bond motifs is 1. The number of amides is 2. The van der Waals surface area contributed by atoms with Gasteiger partial charge in [0.2, 0.25) is 17.7 Å². The van der Waals surface area contributed by atoms with Crippen molar-refractivity contribution >= 4 is 28.6 Å². The number of benzene rings is 2. The highest BCUT2D eigenvalue weighted by Gasteiger charge is 2.19. The van der Waals surface area contributed by atoms with Crippen molar-refractivity contribution in [3.8, 4) is 22.7 Å². The molecule has 164 valence electrons. The van der Waals surface area contributed by atoms with Crippen LogP contribution in [0.3, 0.4) is 0 Å². The summed E-state index contributed by atoms with van der Waals surface area (Å²) < 4.78 is 6.01. The Balaban J connectivity index is 1.63. The lowest BCUT2D eigenvalue weighted by atomic mass is 9.87. The molecule has 0 aliphatic rings. The topological polar surface area (TPSA) is 127 Å². The number of nitrogens with two attached hydrogens (primary N) is 1. The molecular weight excluding hydrogens is 406 g/mol. The van der Waals surface area contributed by atoms with Gasteiger partial charge in [0.1, 0.15) is 11.2 Å². The number of oxazole rings is 1. The Morgan fingerprint density at radius 1 is 1.12 bits per heavy atom. The lowest BCUT2D eigenvalue weighted by Crippen LogP contribution is -2.17. The zero-order valence-electron chi connectivity index (χ0n) is 18.2. The number of carbonyl (C=O) groups is 2. The van der Waals surface area contributed by atoms with Crippen molar-refractivity contribution in [2.24, 2.45) is 5.73 Å². The number of H-pyrrole nitrogens is 1. The van der Waals surface area contributed by atoms with E-state index in [1.165, 1.54) is 5.56 Å². The summed E-state index contributed by atoms with van der Waals surface area (Å²) in [5.41, 5.74) is 10.5. The van der Waals surface area contributed by atoms with E-state index in [1.807, 2.05) is 30.3 Å². The average Bonchev–Trinajstić information content (AvgIpc) is 3.38. The SMILES string of the molecule is CC(C)(C)c1ccc2oc(-c3c[nH]nc3-c3cccc(NC(=O)CCC(N)=O)c3)nc2c1. The Labute approximate surface area is 185 Å². The second-order valence-electron chi connectivity index (χ2n) is 8.69. The zero-order chi connectivity index (χ0) is 22.9. The minimum atomic E-state index is -0.511. The first-order valence-corrected chi connectivity index (χ1v) is 10.3. The van der Waals surface area contributed by atoms with Crippen LogP contribution in [0, 0.1) is 0 Å². The molecule has 0 atom stereocenters. The first-order chi connectivity index (χ1) is 15.2. The third-order valence-corrected chi connectivity index (χ3v) is 5.14. The fourth-order valence-electron chi connectivity index (χ4n) is 3.39. The molecule has 0 unspecified atom stereocenters. The summed E-state index contributed by atoms with van der Waals surface area (Å²) in [4.78, 5) is 27.6. The normalized spacial score (nSPS) is 11.6. The first-order valence-electron chi connectivity index (χ1n) is 10.3. The Morgan fingerprint density at radius 2 is 1.94 bits per heavy atom. The number of anilines is 1. The number of aromatic nitrogens is 3. The minimum absolute atomic E-state index is 0.00366. The monoisotopic (exact) mass is 431 g/mol. The van der Waals surface area contributed by atoms with E-state index in [9.17, 15) is 9.59 Å². The number of primary amides is 1. The summed E-state index contributed by atoms with van der Waals surface area (Å²) in [7, 11) is 0. The van der Waals surface area contributed by atoms with Crippen LogP contribution in [0.4, 0.5) is 5.69 Å². The first kappa shape index (κ1) is 21.3. The van der Waals surface area contributed by atoms with Crippen LogP contribution in [0.2, 0.25) is 0 Å². The van der Waals surface area contributed by atoms with E-state index in [0.29, 0.717) is 22.9 Å². The summed E-state index contributed by atoms with van der Waals surface area (Å²) in [6, 6.07) is 13.3. The van der Waals surface area contributed by atoms with Gasteiger partial charge in [0.25, 0.3) is 0 Å². The number of aromatic amines is 1. The van der Waals surface area contributed by atoms with Crippen LogP contribution in [0.5, 0.6) is 0 Å². The summed E-state index contributed by atoms with van der Waals surface area (Å²) in [5.74, 6) is -0.328. The molecule has 2 aromatic carbocycles. The summed E-state index contributed by atoms with van der Waals surface area (Å²) in [5, 5.41) is 10.0. The molecule has 2 amide bonds. The summed E-state index contributed by atoms with van der Waals surface area (Å²) >= 11 is 0. The third kappa shape index (κ3) is 4.54. The van der Waals surface area contributed by atoms with Crippen molar-refractivity contribution in [1.29, 1.82) is 0 Å². The molecule has 0 spiro atoms. The van der Waals surface area contributed by atoms with Gasteiger partial charge in [-0.2, -0.15) is 5.10 Å². The second-order valence-corrected chi connectivity index (χ2v) is 8.69. The predicted molar refractivity (Wildman–Crippen MR) is 123 cm³/mol. The molecule has 0 aliphatic heterocycles. The molecule has 4 aromatic rings. The van der Waals surface area contributed by atoms with Gasteiger partial charge in [-0.1, -0.05) is 39.0 Å². The molecule has 0 saturated heterocycles. The Hall–Kier alpha value is -3.94. The number of rotatable bonds is 6. The standard InChI is InChI=1S/C24H25N5O3/c1-24(2,3)15-7-8-19-18(12-15)28-23(32-19)17-13-26-29-22(17)14-5-4-6-16(11-14)27-21(31)10-9-20(25)30/h4-8,11-13H,9-10H2,1-3H3,(H2,25,30)(H,26,29)(H,27,31). The molecular formula is C24H25N5O3. The van der Waals surface area contributed by atoms with Gasteiger partial charge in [0, 0.05) is 30.3 Å². The molecule has 32 heavy (non-hydrogen) atoms. The molecule has 0 radical (unpaired) electrons. The molecule has 2 aromatic heterocycles. The number of hydrogen-bond donors (Lipinski definition) is 3. The van der Waals surface area contributed by atoms with Gasteiger partial charge in [-0.05, 0) is 35.2 Å². The number of hydrogen-bond acceptors (Lipinski definition) is 5. The van der Waals surface area contributed by atoms with Crippen molar-refractivity contribution in [1.82, 2.24) is 15.2 Å². The Bertz CT molecular complexity index is 1300. The van der Waals surface area contributed by atoms with Crippen molar-refractivity contribution in [3.63, 3.8) is 0 Å². The van der Waals surface area contributed by atoms with Crippen molar-refractivity contribution in [2.75, 3.05) is 5.32 Å². The van der Waals surface area contributed by atoms with Crippen LogP contribution in [-0.2, 0) is 15.0 Å². The van der Waals surface area contributed by atoms with E-state index in [0.717, 1.165) is 16.6 Å². The van der Waals surface area contributed by atoms with Gasteiger partial charge in [-0.15, -0.1) is 0 Å². The smallest absolute Gasteiger partial charge is 0.231 e. The maximum atomic E-state index is 12.0. The fraction of sp³-hybridized carbons (Fsp3) is 0.250. The molecule has 0 aliphatic carbocycles. The van der Waals surface area contributed by atoms with E-state index in [4.69, 9.17) is 10.2 Å². The molecule has 0 fully saturated rings. The highest BCUT2D eigenvalue weighted by molar-refractivity contribution is 5.94. The highest BCUT2D eigenvalue weighted by Crippen LogP contribution is 2.34. The van der Waals surface area contributed by atoms with Crippen molar-refractivity contribution in [2.45, 2.75) is 39.0 Å². The number of nitrogens with one attached hydrogen (secondary N) is 2. The second kappa shape index (κ2) is 8.30. The van der Waals surface area contributed by atoms with Crippen LogP contribution in [0.25, 0.3) is 33.8 Å². The van der Waals surface area contributed by atoms with Crippen LogP contribution < -0.4 is 11.1 Å². The fourth-order valence-corrected chi connectivity index (χ4v) is 3.39. The Morgan fingerprint density at radius 3 is 2.69 bits per heavy atom. The van der Waals surface area contributed by atoms with Crippen molar-refractivity contribution in [3.05, 3.63) is 54.2 Å². The minimum Gasteiger partial charge on any atom is -0.436 e. The van der Waals surface area contributed by atoms with E-state index >= 15 is 0 Å². The lowest BCUT2D eigenvalue weighted by molar-refractivity contribution is -0.122. The maximum absolute atomic E-state index is 12.0. The van der Waals surface area contributed by atoms with E-state index in [2.05, 4.69) is 47.3 Å². The average molecular weight is 431 g/mol. The van der Waals surface area contributed by atoms with Gasteiger partial charge in [-0.3, -0.25) is 14.7 Å². The molecule has 2 heterocycles. The third-order valence-electron chi connectivity index (χ3n) is 5.14. The van der Waals surface area contributed by atoms with Gasteiger partial charge >= 0.3 is 0 Å². The molecule has 8 heteroatoms. The summed E-state index contributed by atoms with van der Waals surface area (Å²) in [6.45, 7) is 6.47. The number of nitrogens with zero attached hydrogens (tertiary/aromatic N) is 2. The predicted octanol–water partition coefficient (Wildman–Crippen LogP) is 4.39. The van der Waals surface area contributed by atoms with Gasteiger partial charge in [0.05, 0.1) is 5.56 Å². The van der Waals surface area contributed by atoms with Gasteiger partial charge in [-0.25, -0.2) is 4.98 Å². The largest absolute Gasteiger partial charge is 0.436 e. The molecule has 4 N–H and O–H groups in total. The molecule has 4 rings (SSSR count). The van der Waals surface area contributed by atoms with Crippen LogP contribution >= 0.6 is 0 Å². The quantitative estimate of drug-likeness (QED) is 0.417.